The van der Waals surface area contributed by atoms with Gasteiger partial charge in [0.2, 0.25) is 5.91 Å². The van der Waals surface area contributed by atoms with Crippen LogP contribution in [0.2, 0.25) is 0 Å². The van der Waals surface area contributed by atoms with Crippen molar-refractivity contribution in [1.82, 2.24) is 0 Å². The van der Waals surface area contributed by atoms with Gasteiger partial charge in [-0.3, -0.25) is 4.79 Å². The summed E-state index contributed by atoms with van der Waals surface area (Å²) in [5.41, 5.74) is 6.12. The molecule has 0 aliphatic carbocycles. The van der Waals surface area contributed by atoms with Gasteiger partial charge in [0.05, 0.1) is 12.1 Å². The Morgan fingerprint density at radius 2 is 2.20 bits per heavy atom. The molecule has 0 aliphatic rings. The number of aliphatic hydroxyl groups is 1. The summed E-state index contributed by atoms with van der Waals surface area (Å²) >= 11 is 0. The van der Waals surface area contributed by atoms with Crippen LogP contribution >= 0.6 is 0 Å². The zero-order valence-electron chi connectivity index (χ0n) is 8.95. The number of carbonyl (C=O) groups is 1. The van der Waals surface area contributed by atoms with E-state index in [9.17, 15) is 4.79 Å². The van der Waals surface area contributed by atoms with E-state index < -0.39 is 5.54 Å². The fourth-order valence-corrected chi connectivity index (χ4v) is 1.04. The van der Waals surface area contributed by atoms with Crippen LogP contribution in [0.3, 0.4) is 0 Å². The first kappa shape index (κ1) is 11.7. The highest BCUT2D eigenvalue weighted by atomic mass is 16.3. The molecule has 0 unspecified atom stereocenters. The lowest BCUT2D eigenvalue weighted by atomic mass is 10.1. The minimum absolute atomic E-state index is 0.0459. The van der Waals surface area contributed by atoms with Crippen molar-refractivity contribution in [3.8, 4) is 0 Å². The van der Waals surface area contributed by atoms with Crippen LogP contribution in [0.25, 0.3) is 0 Å². The van der Waals surface area contributed by atoms with Gasteiger partial charge in [-0.05, 0) is 31.5 Å². The van der Waals surface area contributed by atoms with Crippen LogP contribution < -0.4 is 11.1 Å². The van der Waals surface area contributed by atoms with Gasteiger partial charge in [0.1, 0.15) is 0 Å². The monoisotopic (exact) mass is 208 g/mol. The van der Waals surface area contributed by atoms with Crippen LogP contribution in [0.4, 0.5) is 5.69 Å². The average Bonchev–Trinajstić information content (AvgIpc) is 2.16. The van der Waals surface area contributed by atoms with Crippen molar-refractivity contribution in [2.24, 2.45) is 5.73 Å². The Morgan fingerprint density at radius 1 is 1.53 bits per heavy atom. The fourth-order valence-electron chi connectivity index (χ4n) is 1.04. The third-order valence-electron chi connectivity index (χ3n) is 1.95. The van der Waals surface area contributed by atoms with E-state index in [1.54, 1.807) is 38.1 Å². The molecule has 0 atom stereocenters. The Bertz CT molecular complexity index is 356. The van der Waals surface area contributed by atoms with Crippen LogP contribution in [0.5, 0.6) is 0 Å². The highest BCUT2D eigenvalue weighted by Gasteiger charge is 2.21. The Balaban J connectivity index is 2.77. The molecule has 15 heavy (non-hydrogen) atoms. The normalized spacial score (nSPS) is 11.2. The second kappa shape index (κ2) is 4.42. The van der Waals surface area contributed by atoms with E-state index in [-0.39, 0.29) is 12.5 Å². The number of carbonyl (C=O) groups excluding carboxylic acids is 1. The Hall–Kier alpha value is -1.39. The third-order valence-corrected chi connectivity index (χ3v) is 1.95. The molecule has 0 bridgehead atoms. The van der Waals surface area contributed by atoms with Gasteiger partial charge in [-0.25, -0.2) is 0 Å². The first-order valence-corrected chi connectivity index (χ1v) is 4.73. The average molecular weight is 208 g/mol. The second-order valence-corrected chi connectivity index (χ2v) is 4.03. The maximum atomic E-state index is 11.5. The summed E-state index contributed by atoms with van der Waals surface area (Å²) in [4.78, 5) is 11.5. The van der Waals surface area contributed by atoms with Gasteiger partial charge in [-0.2, -0.15) is 0 Å². The summed E-state index contributed by atoms with van der Waals surface area (Å²) in [6, 6.07) is 7.01. The Morgan fingerprint density at radius 3 is 2.73 bits per heavy atom. The molecule has 0 saturated carbocycles. The zero-order valence-corrected chi connectivity index (χ0v) is 8.95. The molecule has 4 N–H and O–H groups in total. The quantitative estimate of drug-likeness (QED) is 0.689. The molecule has 0 aliphatic heterocycles. The van der Waals surface area contributed by atoms with Gasteiger partial charge < -0.3 is 16.2 Å². The number of amides is 1. The Kier molecular flexibility index (Phi) is 3.44. The largest absolute Gasteiger partial charge is 0.392 e. The van der Waals surface area contributed by atoms with Crippen molar-refractivity contribution in [2.45, 2.75) is 26.0 Å². The molecule has 0 saturated heterocycles. The highest BCUT2D eigenvalue weighted by molar-refractivity contribution is 5.97. The molecule has 0 aromatic heterocycles. The van der Waals surface area contributed by atoms with Crippen molar-refractivity contribution in [1.29, 1.82) is 0 Å². The van der Waals surface area contributed by atoms with E-state index in [0.717, 1.165) is 5.56 Å². The second-order valence-electron chi connectivity index (χ2n) is 4.03. The van der Waals surface area contributed by atoms with Crippen LogP contribution in [0, 0.1) is 0 Å². The van der Waals surface area contributed by atoms with Crippen LogP contribution in [0.15, 0.2) is 24.3 Å². The molecule has 4 heteroatoms. The molecule has 0 heterocycles. The zero-order chi connectivity index (χ0) is 11.5. The predicted octanol–water partition coefficient (Wildman–Crippen LogP) is 0.855. The minimum Gasteiger partial charge on any atom is -0.392 e. The van der Waals surface area contributed by atoms with Crippen molar-refractivity contribution >= 4 is 11.6 Å². The van der Waals surface area contributed by atoms with E-state index in [2.05, 4.69) is 5.32 Å². The maximum Gasteiger partial charge on any atom is 0.243 e. The maximum absolute atomic E-state index is 11.5. The molecule has 1 aromatic carbocycles. The fraction of sp³-hybridized carbons (Fsp3) is 0.364. The molecule has 1 rings (SSSR count). The smallest absolute Gasteiger partial charge is 0.243 e. The number of nitrogens with one attached hydrogen (secondary N) is 1. The van der Waals surface area contributed by atoms with Gasteiger partial charge in [0.15, 0.2) is 0 Å². The van der Waals surface area contributed by atoms with Gasteiger partial charge in [0, 0.05) is 5.69 Å². The molecule has 0 fully saturated rings. The molecule has 0 spiro atoms. The number of rotatable bonds is 3. The summed E-state index contributed by atoms with van der Waals surface area (Å²) in [6.45, 7) is 3.23. The van der Waals surface area contributed by atoms with Gasteiger partial charge >= 0.3 is 0 Å². The lowest BCUT2D eigenvalue weighted by Crippen LogP contribution is -2.45. The van der Waals surface area contributed by atoms with Crippen LogP contribution in [0.1, 0.15) is 19.4 Å². The topological polar surface area (TPSA) is 75.4 Å². The number of benzene rings is 1. The van der Waals surface area contributed by atoms with Gasteiger partial charge in [-0.15, -0.1) is 0 Å². The summed E-state index contributed by atoms with van der Waals surface area (Å²) in [7, 11) is 0. The number of hydrogen-bond acceptors (Lipinski definition) is 3. The first-order chi connectivity index (χ1) is 6.93. The summed E-state index contributed by atoms with van der Waals surface area (Å²) in [5.74, 6) is -0.252. The lowest BCUT2D eigenvalue weighted by molar-refractivity contribution is -0.120. The molecule has 82 valence electrons. The number of aliphatic hydroxyl groups excluding tert-OH is 1. The summed E-state index contributed by atoms with van der Waals surface area (Å²) < 4.78 is 0. The van der Waals surface area contributed by atoms with Crippen molar-refractivity contribution in [3.05, 3.63) is 29.8 Å². The molecule has 4 nitrogen and oxygen atoms in total. The first-order valence-electron chi connectivity index (χ1n) is 4.73. The van der Waals surface area contributed by atoms with Crippen molar-refractivity contribution in [3.63, 3.8) is 0 Å². The number of anilines is 1. The predicted molar refractivity (Wildman–Crippen MR) is 59.3 cm³/mol. The van der Waals surface area contributed by atoms with E-state index in [4.69, 9.17) is 10.8 Å². The summed E-state index contributed by atoms with van der Waals surface area (Å²) in [5, 5.41) is 11.6. The number of hydrogen-bond donors (Lipinski definition) is 3. The molecule has 1 aromatic rings. The lowest BCUT2D eigenvalue weighted by Gasteiger charge is -2.17. The SMILES string of the molecule is CC(C)(N)C(=O)Nc1cccc(CO)c1. The molecule has 1 amide bonds. The van der Waals surface area contributed by atoms with E-state index in [1.165, 1.54) is 0 Å². The Labute approximate surface area is 89.1 Å². The van der Waals surface area contributed by atoms with E-state index in [1.807, 2.05) is 0 Å². The van der Waals surface area contributed by atoms with E-state index >= 15 is 0 Å². The standard InChI is InChI=1S/C11H16N2O2/c1-11(2,12)10(15)13-9-5-3-4-8(6-9)7-14/h3-6,14H,7,12H2,1-2H3,(H,13,15). The van der Waals surface area contributed by atoms with Crippen molar-refractivity contribution in [2.75, 3.05) is 5.32 Å². The van der Waals surface area contributed by atoms with Crippen LogP contribution in [-0.4, -0.2) is 16.6 Å². The van der Waals surface area contributed by atoms with Gasteiger partial charge in [0.25, 0.3) is 0 Å². The van der Waals surface area contributed by atoms with Gasteiger partial charge in [-0.1, -0.05) is 12.1 Å². The molecule has 0 radical (unpaired) electrons. The highest BCUT2D eigenvalue weighted by Crippen LogP contribution is 2.12. The number of nitrogens with two attached hydrogens (primary N) is 1. The van der Waals surface area contributed by atoms with Crippen molar-refractivity contribution < 1.29 is 9.90 Å². The summed E-state index contributed by atoms with van der Waals surface area (Å²) in [6.07, 6.45) is 0. The minimum atomic E-state index is -0.908. The molecular formula is C11H16N2O2. The van der Waals surface area contributed by atoms with E-state index in [0.29, 0.717) is 5.69 Å². The third kappa shape index (κ3) is 3.34. The molecular weight excluding hydrogens is 192 g/mol. The van der Waals surface area contributed by atoms with Crippen LogP contribution in [-0.2, 0) is 11.4 Å².